The van der Waals surface area contributed by atoms with Gasteiger partial charge in [0.05, 0.1) is 11.7 Å². The summed E-state index contributed by atoms with van der Waals surface area (Å²) in [7, 11) is 0. The molecule has 1 aliphatic rings. The van der Waals surface area contributed by atoms with Crippen molar-refractivity contribution in [2.45, 2.75) is 38.6 Å². The Hall–Kier alpha value is -2.88. The number of nitrogens with zero attached hydrogens (tertiary/aromatic N) is 1. The summed E-state index contributed by atoms with van der Waals surface area (Å²) in [6.07, 6.45) is 3.11. The van der Waals surface area contributed by atoms with Gasteiger partial charge in [-0.25, -0.2) is 0 Å². The predicted octanol–water partition coefficient (Wildman–Crippen LogP) is 5.13. The van der Waals surface area contributed by atoms with E-state index in [-0.39, 0.29) is 17.7 Å². The molecule has 4 nitrogen and oxygen atoms in total. The molecule has 4 rings (SSSR count). The van der Waals surface area contributed by atoms with E-state index in [1.807, 2.05) is 59.5 Å². The van der Waals surface area contributed by atoms with E-state index in [4.69, 9.17) is 0 Å². The number of carbonyl (C=O) groups excluding carboxylic acids is 2. The van der Waals surface area contributed by atoms with Gasteiger partial charge in [-0.2, -0.15) is 0 Å². The number of benzene rings is 2. The third-order valence-corrected chi connectivity index (χ3v) is 5.41. The Morgan fingerprint density at radius 3 is 2.63 bits per heavy atom. The third kappa shape index (κ3) is 3.16. The molecule has 1 aromatic heterocycles. The monoisotopic (exact) mass is 360 g/mol. The topological polar surface area (TPSA) is 53.2 Å². The van der Waals surface area contributed by atoms with Crippen molar-refractivity contribution in [2.24, 2.45) is 0 Å². The average Bonchev–Trinajstić information content (AvgIpc) is 3.11. The number of aromatic amines is 1. The van der Waals surface area contributed by atoms with Crippen molar-refractivity contribution in [3.8, 4) is 0 Å². The maximum absolute atomic E-state index is 13.3. The normalized spacial score (nSPS) is 16.3. The van der Waals surface area contributed by atoms with Gasteiger partial charge in [-0.3, -0.25) is 9.59 Å². The summed E-state index contributed by atoms with van der Waals surface area (Å²) in [5, 5.41) is 1.05. The van der Waals surface area contributed by atoms with E-state index in [2.05, 4.69) is 11.9 Å². The summed E-state index contributed by atoms with van der Waals surface area (Å²) in [5.41, 5.74) is 3.33. The number of ketones is 1. The Kier molecular flexibility index (Phi) is 4.80. The van der Waals surface area contributed by atoms with Crippen molar-refractivity contribution in [1.29, 1.82) is 0 Å². The van der Waals surface area contributed by atoms with Gasteiger partial charge in [0.1, 0.15) is 0 Å². The standard InChI is InChI=1S/C23H24N2O2/c1-2-3-15-25(23(27)16-9-5-4-6-10-16)19-13-14-20(26)22-21(19)17-11-7-8-12-18(17)24-22/h4-12,19,24H,2-3,13-15H2,1H3. The lowest BCUT2D eigenvalue weighted by atomic mass is 9.88. The SMILES string of the molecule is CCCCN(C(=O)c1ccccc1)C1CCC(=O)c2[nH]c3ccccc3c21. The van der Waals surface area contributed by atoms with Crippen LogP contribution >= 0.6 is 0 Å². The highest BCUT2D eigenvalue weighted by Gasteiger charge is 2.35. The van der Waals surface area contributed by atoms with Crippen LogP contribution in [0.2, 0.25) is 0 Å². The number of para-hydroxylation sites is 1. The second kappa shape index (κ2) is 7.39. The third-order valence-electron chi connectivity index (χ3n) is 5.41. The van der Waals surface area contributed by atoms with Crippen LogP contribution < -0.4 is 0 Å². The molecule has 2 aromatic carbocycles. The van der Waals surface area contributed by atoms with Crippen molar-refractivity contribution in [2.75, 3.05) is 6.54 Å². The second-order valence-electron chi connectivity index (χ2n) is 7.16. The van der Waals surface area contributed by atoms with Crippen molar-refractivity contribution < 1.29 is 9.59 Å². The largest absolute Gasteiger partial charge is 0.352 e. The molecule has 1 unspecified atom stereocenters. The maximum Gasteiger partial charge on any atom is 0.254 e. The number of fused-ring (bicyclic) bond motifs is 3. The Labute approximate surface area is 159 Å². The highest BCUT2D eigenvalue weighted by atomic mass is 16.2. The number of unbranched alkanes of at least 4 members (excludes halogenated alkanes) is 1. The molecule has 4 heteroatoms. The summed E-state index contributed by atoms with van der Waals surface area (Å²) in [6, 6.07) is 17.4. The van der Waals surface area contributed by atoms with E-state index < -0.39 is 0 Å². The van der Waals surface area contributed by atoms with E-state index in [0.717, 1.165) is 29.3 Å². The molecule has 1 aliphatic carbocycles. The van der Waals surface area contributed by atoms with Crippen LogP contribution in [0.3, 0.4) is 0 Å². The molecule has 1 heterocycles. The number of hydrogen-bond acceptors (Lipinski definition) is 2. The molecule has 138 valence electrons. The number of rotatable bonds is 5. The molecule has 0 saturated carbocycles. The molecule has 0 fully saturated rings. The molecule has 0 radical (unpaired) electrons. The van der Waals surface area contributed by atoms with Gasteiger partial charge >= 0.3 is 0 Å². The minimum Gasteiger partial charge on any atom is -0.352 e. The lowest BCUT2D eigenvalue weighted by Gasteiger charge is -2.34. The highest BCUT2D eigenvalue weighted by molar-refractivity contribution is 6.04. The smallest absolute Gasteiger partial charge is 0.254 e. The number of amides is 1. The Balaban J connectivity index is 1.80. The number of hydrogen-bond donors (Lipinski definition) is 1. The first-order valence-electron chi connectivity index (χ1n) is 9.70. The highest BCUT2D eigenvalue weighted by Crippen LogP contribution is 2.39. The zero-order chi connectivity index (χ0) is 18.8. The number of aromatic nitrogens is 1. The first-order chi connectivity index (χ1) is 13.2. The molecular weight excluding hydrogens is 336 g/mol. The lowest BCUT2D eigenvalue weighted by molar-refractivity contribution is 0.0640. The van der Waals surface area contributed by atoms with Gasteiger partial charge in [-0.05, 0) is 31.0 Å². The van der Waals surface area contributed by atoms with E-state index in [9.17, 15) is 9.59 Å². The Bertz CT molecular complexity index is 974. The molecule has 0 saturated heterocycles. The summed E-state index contributed by atoms with van der Waals surface area (Å²) in [4.78, 5) is 31.1. The summed E-state index contributed by atoms with van der Waals surface area (Å²) in [5.74, 6) is 0.180. The molecule has 0 aliphatic heterocycles. The molecule has 0 bridgehead atoms. The van der Waals surface area contributed by atoms with Gasteiger partial charge in [-0.15, -0.1) is 0 Å². The van der Waals surface area contributed by atoms with E-state index in [1.54, 1.807) is 0 Å². The maximum atomic E-state index is 13.3. The average molecular weight is 360 g/mol. The van der Waals surface area contributed by atoms with Crippen molar-refractivity contribution in [3.63, 3.8) is 0 Å². The van der Waals surface area contributed by atoms with Crippen LogP contribution in [-0.2, 0) is 0 Å². The van der Waals surface area contributed by atoms with Crippen molar-refractivity contribution in [3.05, 3.63) is 71.4 Å². The zero-order valence-corrected chi connectivity index (χ0v) is 15.6. The van der Waals surface area contributed by atoms with Crippen LogP contribution in [0.4, 0.5) is 0 Å². The van der Waals surface area contributed by atoms with Crippen LogP contribution in [0.1, 0.15) is 65.1 Å². The van der Waals surface area contributed by atoms with Crippen LogP contribution in [0.5, 0.6) is 0 Å². The molecule has 1 amide bonds. The number of Topliss-reactive ketones (excluding diaryl/α,β-unsaturated/α-hetero) is 1. The molecule has 1 N–H and O–H groups in total. The number of H-pyrrole nitrogens is 1. The first kappa shape index (κ1) is 17.5. The van der Waals surface area contributed by atoms with Gasteiger partial charge < -0.3 is 9.88 Å². The molecule has 3 aromatic rings. The van der Waals surface area contributed by atoms with Crippen molar-refractivity contribution >= 4 is 22.6 Å². The summed E-state index contributed by atoms with van der Waals surface area (Å²) >= 11 is 0. The van der Waals surface area contributed by atoms with Crippen LogP contribution in [-0.4, -0.2) is 28.1 Å². The lowest BCUT2D eigenvalue weighted by Crippen LogP contribution is -2.38. The van der Waals surface area contributed by atoms with Gasteiger partial charge in [-0.1, -0.05) is 49.7 Å². The minimum absolute atomic E-state index is 0.0413. The van der Waals surface area contributed by atoms with Crippen molar-refractivity contribution in [1.82, 2.24) is 9.88 Å². The molecule has 0 spiro atoms. The Morgan fingerprint density at radius 1 is 1.11 bits per heavy atom. The number of nitrogens with one attached hydrogen (secondary N) is 1. The minimum atomic E-state index is -0.0758. The summed E-state index contributed by atoms with van der Waals surface area (Å²) in [6.45, 7) is 2.83. The van der Waals surface area contributed by atoms with Gasteiger partial charge in [0, 0.05) is 35.0 Å². The molecule has 27 heavy (non-hydrogen) atoms. The fourth-order valence-corrected chi connectivity index (χ4v) is 4.05. The van der Waals surface area contributed by atoms with Crippen LogP contribution in [0.15, 0.2) is 54.6 Å². The quantitative estimate of drug-likeness (QED) is 0.686. The fourth-order valence-electron chi connectivity index (χ4n) is 4.05. The molecular formula is C23H24N2O2. The fraction of sp³-hybridized carbons (Fsp3) is 0.304. The van der Waals surface area contributed by atoms with Gasteiger partial charge in [0.25, 0.3) is 5.91 Å². The predicted molar refractivity (Wildman–Crippen MR) is 107 cm³/mol. The van der Waals surface area contributed by atoms with Crippen LogP contribution in [0.25, 0.3) is 10.9 Å². The van der Waals surface area contributed by atoms with Gasteiger partial charge in [0.2, 0.25) is 0 Å². The van der Waals surface area contributed by atoms with Gasteiger partial charge in [0.15, 0.2) is 5.78 Å². The van der Waals surface area contributed by atoms with Crippen LogP contribution in [0, 0.1) is 0 Å². The Morgan fingerprint density at radius 2 is 1.85 bits per heavy atom. The second-order valence-corrected chi connectivity index (χ2v) is 7.16. The van der Waals surface area contributed by atoms with E-state index in [1.165, 1.54) is 0 Å². The summed E-state index contributed by atoms with van der Waals surface area (Å²) < 4.78 is 0. The van der Waals surface area contributed by atoms with E-state index in [0.29, 0.717) is 30.6 Å². The zero-order valence-electron chi connectivity index (χ0n) is 15.6. The number of carbonyl (C=O) groups is 2. The van der Waals surface area contributed by atoms with E-state index >= 15 is 0 Å². The molecule has 1 atom stereocenters. The first-order valence-corrected chi connectivity index (χ1v) is 9.70.